The second kappa shape index (κ2) is 49700. The molecule has 0 aliphatic rings. The lowest BCUT2D eigenvalue weighted by atomic mass is 11.9. The van der Waals surface area contributed by atoms with Gasteiger partial charge in [-0.2, -0.15) is 0 Å². The zero-order chi connectivity index (χ0) is 2.00. The smallest absolute Gasteiger partial charge is 0.0785 e. The van der Waals surface area contributed by atoms with E-state index in [-0.39, 0.29) is 44.6 Å². The van der Waals surface area contributed by atoms with Gasteiger partial charge in [-0.3, -0.25) is 4.39 Å². The molecule has 0 unspecified atom stereocenters. The van der Waals surface area contributed by atoms with Gasteiger partial charge >= 0.3 is 0 Å². The molecule has 0 saturated carbocycles. The summed E-state index contributed by atoms with van der Waals surface area (Å²) in [5, 5.41) is 0. The van der Waals surface area contributed by atoms with Crippen molar-refractivity contribution < 1.29 is 4.39 Å². The van der Waals surface area contributed by atoms with Gasteiger partial charge in [-0.25, -0.2) is 0 Å². The molecule has 8 heavy (non-hydrogen) atoms. The van der Waals surface area contributed by atoms with Crippen LogP contribution < -0.4 is 0 Å². The highest BCUT2D eigenvalue weighted by molar-refractivity contribution is 3.23. The number of hydrogen-bond donors (Lipinski definition) is 0. The molecule has 0 aromatic heterocycles. The van der Waals surface area contributed by atoms with Crippen molar-refractivity contribution in [3.63, 3.8) is 0 Å². The molecule has 0 radical (unpaired) electrons. The molecule has 0 saturated heterocycles. The van der Waals surface area contributed by atoms with Gasteiger partial charge in [-0.05, 0) is 0 Å². The van der Waals surface area contributed by atoms with Crippen molar-refractivity contribution in [2.24, 2.45) is 0 Å². The minimum atomic E-state index is 0. The van der Waals surface area contributed by atoms with Crippen LogP contribution in [0, 0.1) is 0 Å². The maximum absolute atomic E-state index is 9.50. The first-order valence-corrected chi connectivity index (χ1v) is 0.378. The first kappa shape index (κ1) is 440. The minimum Gasteiger partial charge on any atom is -0.255 e. The molecule has 0 rings (SSSR count). The fourth-order valence-corrected chi connectivity index (χ4v) is 0. The third-order valence-corrected chi connectivity index (χ3v) is 0. The molecule has 0 aromatic rings. The van der Waals surface area contributed by atoms with Crippen molar-refractivity contribution in [3.05, 3.63) is 0 Å². The van der Waals surface area contributed by atoms with E-state index in [0.29, 0.717) is 7.18 Å². The van der Waals surface area contributed by atoms with E-state index in [0.717, 1.165) is 0 Å². The van der Waals surface area contributed by atoms with Gasteiger partial charge in [0.05, 0.1) is 7.18 Å². The summed E-state index contributed by atoms with van der Waals surface area (Å²) in [6, 6.07) is 0. The van der Waals surface area contributed by atoms with Gasteiger partial charge in [0, 0.05) is 0 Å². The maximum atomic E-state index is 9.50. The summed E-state index contributed by atoms with van der Waals surface area (Å²) in [6.45, 7) is 0. The summed E-state index contributed by atoms with van der Waals surface area (Å²) in [6.07, 6.45) is 0. The van der Waals surface area contributed by atoms with E-state index in [1.54, 1.807) is 0 Å². The molecule has 0 spiro atoms. The van der Waals surface area contributed by atoms with Gasteiger partial charge in [0.2, 0.25) is 0 Å². The largest absolute Gasteiger partial charge is 0.255 e. The number of halogens is 1. The average Bonchev–Trinajstić information content (AvgIpc) is 1.00. The minimum absolute atomic E-state index is 0. The first-order chi connectivity index (χ1) is 1.00. The van der Waals surface area contributed by atoms with Crippen molar-refractivity contribution in [3.8, 4) is 0 Å². The second-order valence-corrected chi connectivity index (χ2v) is 0. The highest BCUT2D eigenvalue weighted by atomic mass is 19.1. The van der Waals surface area contributed by atoms with Crippen molar-refractivity contribution in [1.82, 2.24) is 0 Å². The van der Waals surface area contributed by atoms with Crippen LogP contribution in [-0.4, -0.2) is 7.18 Å². The van der Waals surface area contributed by atoms with Gasteiger partial charge in [-0.1, -0.05) is 44.6 Å². The third-order valence-electron chi connectivity index (χ3n) is 0. The molecule has 0 aliphatic heterocycles. The van der Waals surface area contributed by atoms with E-state index in [9.17, 15) is 4.39 Å². The summed E-state index contributed by atoms with van der Waals surface area (Å²) in [7, 11) is 0.500. The maximum Gasteiger partial charge on any atom is 0.0785 e. The van der Waals surface area contributed by atoms with E-state index in [1.807, 2.05) is 0 Å². The first-order valence-electron chi connectivity index (χ1n) is 0.378. The SMILES string of the molecule is C.C.C.C.C.C.CF. The van der Waals surface area contributed by atoms with Crippen LogP contribution in [0.5, 0.6) is 0 Å². The van der Waals surface area contributed by atoms with Crippen LogP contribution in [0.1, 0.15) is 44.6 Å². The van der Waals surface area contributed by atoms with Crippen LogP contribution in [0.4, 0.5) is 4.39 Å². The zero-order valence-corrected chi connectivity index (χ0v) is 1.38. The average molecular weight is 130 g/mol. The van der Waals surface area contributed by atoms with Gasteiger partial charge in [-0.15, -0.1) is 0 Å². The summed E-state index contributed by atoms with van der Waals surface area (Å²) in [5.41, 5.74) is 0. The third kappa shape index (κ3) is 29400. The van der Waals surface area contributed by atoms with Crippen LogP contribution in [0.25, 0.3) is 0 Å². The lowest BCUT2D eigenvalue weighted by Crippen LogP contribution is -0.939. The number of alkyl halides is 1. The Balaban J connectivity index is -0.000000000333. The van der Waals surface area contributed by atoms with Crippen LogP contribution in [0.2, 0.25) is 0 Å². The Morgan fingerprint density at radius 3 is 0.500 bits per heavy atom. The van der Waals surface area contributed by atoms with Gasteiger partial charge in [0.25, 0.3) is 0 Å². The van der Waals surface area contributed by atoms with Crippen LogP contribution in [-0.2, 0) is 0 Å². The van der Waals surface area contributed by atoms with Crippen molar-refractivity contribution in [1.29, 1.82) is 0 Å². The van der Waals surface area contributed by atoms with Crippen LogP contribution in [0.15, 0.2) is 0 Å². The Kier molecular flexibility index (Phi) is 2740000. The number of rotatable bonds is 0. The standard InChI is InChI=1S/CH3F.6CH4/c1-2;;;;;;/h1H3;6*1H4. The molecule has 0 heterocycles. The van der Waals surface area contributed by atoms with Gasteiger partial charge < -0.3 is 0 Å². The molecule has 0 aromatic carbocycles. The van der Waals surface area contributed by atoms with Crippen LogP contribution in [0.3, 0.4) is 0 Å². The molecule has 0 amide bonds. The van der Waals surface area contributed by atoms with Crippen molar-refractivity contribution in [2.45, 2.75) is 44.6 Å². The molecule has 1 heteroatoms. The number of hydrogen-bond acceptors (Lipinski definition) is 0. The van der Waals surface area contributed by atoms with E-state index >= 15 is 0 Å². The Labute approximate surface area is 57.1 Å². The fourth-order valence-electron chi connectivity index (χ4n) is 0. The van der Waals surface area contributed by atoms with Crippen molar-refractivity contribution >= 4 is 0 Å². The molecule has 0 atom stereocenters. The highest BCUT2D eigenvalue weighted by Gasteiger charge is 0.926. The van der Waals surface area contributed by atoms with E-state index in [2.05, 4.69) is 0 Å². The molecule has 0 N–H and O–H groups in total. The van der Waals surface area contributed by atoms with Gasteiger partial charge in [0.1, 0.15) is 0 Å². The Hall–Kier alpha value is -0.0700. The molecule has 0 bridgehead atoms. The quantitative estimate of drug-likeness (QED) is 0.456. The van der Waals surface area contributed by atoms with Crippen molar-refractivity contribution in [2.75, 3.05) is 7.18 Å². The predicted molar refractivity (Wildman–Crippen MR) is 47.4 cm³/mol. The summed E-state index contributed by atoms with van der Waals surface area (Å²) >= 11 is 0. The fraction of sp³-hybridized carbons (Fsp3) is 1.00. The molecule has 0 fully saturated rings. The molecular weight excluding hydrogens is 103 g/mol. The molecule has 0 nitrogen and oxygen atoms in total. The monoisotopic (exact) mass is 130 g/mol. The highest BCUT2D eigenvalue weighted by Crippen LogP contribution is 1.16. The lowest BCUT2D eigenvalue weighted by Gasteiger charge is -1.10. The van der Waals surface area contributed by atoms with E-state index in [4.69, 9.17) is 0 Å². The Bertz CT molecular complexity index is 4.35. The Morgan fingerprint density at radius 1 is 0.500 bits per heavy atom. The molecule has 0 aliphatic carbocycles. The Morgan fingerprint density at radius 2 is 0.500 bits per heavy atom. The van der Waals surface area contributed by atoms with E-state index in [1.165, 1.54) is 0 Å². The predicted octanol–water partition coefficient (Wildman–Crippen LogP) is 4.40. The summed E-state index contributed by atoms with van der Waals surface area (Å²) in [4.78, 5) is 0. The van der Waals surface area contributed by atoms with E-state index < -0.39 is 0 Å². The lowest BCUT2D eigenvalue weighted by molar-refractivity contribution is 0.636. The van der Waals surface area contributed by atoms with Gasteiger partial charge in [0.15, 0.2) is 0 Å². The zero-order valence-electron chi connectivity index (χ0n) is 1.38. The summed E-state index contributed by atoms with van der Waals surface area (Å²) in [5.74, 6) is 0. The normalized spacial score (nSPS) is 0.750. The summed E-state index contributed by atoms with van der Waals surface area (Å²) < 4.78 is 9.50. The second-order valence-electron chi connectivity index (χ2n) is 0. The van der Waals surface area contributed by atoms with Crippen LogP contribution >= 0.6 is 0 Å². The molecular formula is C7H27F. The molecule has 62 valence electrons. The topological polar surface area (TPSA) is 0 Å².